The van der Waals surface area contributed by atoms with Crippen molar-refractivity contribution < 1.29 is 9.59 Å². The van der Waals surface area contributed by atoms with Crippen LogP contribution in [-0.4, -0.2) is 47.3 Å². The van der Waals surface area contributed by atoms with Crippen molar-refractivity contribution in [2.75, 3.05) is 19.6 Å². The first kappa shape index (κ1) is 18.2. The summed E-state index contributed by atoms with van der Waals surface area (Å²) in [5, 5.41) is 2.09. The maximum Gasteiger partial charge on any atom is 0.223 e. The Morgan fingerprint density at radius 3 is 2.56 bits per heavy atom. The molecule has 0 unspecified atom stereocenters. The van der Waals surface area contributed by atoms with Crippen molar-refractivity contribution >= 4 is 23.2 Å². The van der Waals surface area contributed by atoms with E-state index in [4.69, 9.17) is 5.73 Å². The van der Waals surface area contributed by atoms with Gasteiger partial charge in [0.25, 0.3) is 0 Å². The van der Waals surface area contributed by atoms with E-state index < -0.39 is 0 Å². The summed E-state index contributed by atoms with van der Waals surface area (Å²) < 4.78 is 0. The summed E-state index contributed by atoms with van der Waals surface area (Å²) in [4.78, 5) is 30.2. The second kappa shape index (κ2) is 7.82. The van der Waals surface area contributed by atoms with E-state index >= 15 is 0 Å². The molecule has 1 aromatic carbocycles. The average Bonchev–Trinajstić information content (AvgIpc) is 3.32. The predicted molar refractivity (Wildman–Crippen MR) is 106 cm³/mol. The fourth-order valence-corrected chi connectivity index (χ4v) is 4.97. The zero-order valence-electron chi connectivity index (χ0n) is 15.3. The molecule has 1 aromatic heterocycles. The Kier molecular flexibility index (Phi) is 5.27. The van der Waals surface area contributed by atoms with E-state index in [1.54, 1.807) is 11.3 Å². The molecular weight excluding hydrogens is 358 g/mol. The van der Waals surface area contributed by atoms with E-state index in [1.807, 2.05) is 28.0 Å². The molecule has 5 nitrogen and oxygen atoms in total. The van der Waals surface area contributed by atoms with Crippen LogP contribution in [0.1, 0.15) is 34.8 Å². The van der Waals surface area contributed by atoms with E-state index in [0.29, 0.717) is 19.6 Å². The van der Waals surface area contributed by atoms with Gasteiger partial charge in [-0.15, -0.1) is 11.3 Å². The highest BCUT2D eigenvalue weighted by molar-refractivity contribution is 7.10. The number of thiophene rings is 1. The molecule has 1 fully saturated rings. The fraction of sp³-hybridized carbons (Fsp3) is 0.429. The summed E-state index contributed by atoms with van der Waals surface area (Å²) in [5.41, 5.74) is 8.71. The standard InChI is InChI=1S/C21H25N3O2S/c22-18-14-24(13-17(18)15-4-2-1-3-5-15)21(26)7-6-20(25)23-10-8-19-16(12-23)9-11-27-19/h1-5,9,11,17-18H,6-8,10,12-14,22H2/t17-,18+/m0/s1. The van der Waals surface area contributed by atoms with Crippen LogP contribution in [0.3, 0.4) is 0 Å². The van der Waals surface area contributed by atoms with Gasteiger partial charge in [-0.2, -0.15) is 0 Å². The highest BCUT2D eigenvalue weighted by Gasteiger charge is 2.34. The van der Waals surface area contributed by atoms with Crippen molar-refractivity contribution in [2.45, 2.75) is 37.8 Å². The number of hydrogen-bond acceptors (Lipinski definition) is 4. The topological polar surface area (TPSA) is 66.6 Å². The molecule has 3 heterocycles. The van der Waals surface area contributed by atoms with Crippen molar-refractivity contribution in [3.05, 3.63) is 57.8 Å². The number of hydrogen-bond donors (Lipinski definition) is 1. The molecular formula is C21H25N3O2S. The third-order valence-corrected chi connectivity index (χ3v) is 6.68. The predicted octanol–water partition coefficient (Wildman–Crippen LogP) is 2.37. The van der Waals surface area contributed by atoms with Crippen molar-refractivity contribution in [3.8, 4) is 0 Å². The molecule has 4 rings (SSSR count). The smallest absolute Gasteiger partial charge is 0.223 e. The summed E-state index contributed by atoms with van der Waals surface area (Å²) in [6.07, 6.45) is 1.46. The number of benzene rings is 1. The van der Waals surface area contributed by atoms with Crippen LogP contribution in [0.25, 0.3) is 0 Å². The van der Waals surface area contributed by atoms with Gasteiger partial charge in [-0.3, -0.25) is 9.59 Å². The van der Waals surface area contributed by atoms with Crippen LogP contribution in [0.2, 0.25) is 0 Å². The Balaban J connectivity index is 1.29. The van der Waals surface area contributed by atoms with Gasteiger partial charge in [0.15, 0.2) is 0 Å². The van der Waals surface area contributed by atoms with Gasteiger partial charge < -0.3 is 15.5 Å². The summed E-state index contributed by atoms with van der Waals surface area (Å²) in [6.45, 7) is 2.64. The zero-order valence-corrected chi connectivity index (χ0v) is 16.2. The third kappa shape index (κ3) is 3.92. The van der Waals surface area contributed by atoms with Crippen molar-refractivity contribution in [2.24, 2.45) is 5.73 Å². The molecule has 6 heteroatoms. The second-order valence-electron chi connectivity index (χ2n) is 7.41. The number of fused-ring (bicyclic) bond motifs is 1. The summed E-state index contributed by atoms with van der Waals surface area (Å²) in [6, 6.07) is 12.2. The highest BCUT2D eigenvalue weighted by Crippen LogP contribution is 2.27. The molecule has 2 N–H and O–H groups in total. The Hall–Kier alpha value is -2.18. The molecule has 2 aromatic rings. The number of nitrogens with zero attached hydrogens (tertiary/aromatic N) is 2. The first-order valence-electron chi connectivity index (χ1n) is 9.53. The minimum Gasteiger partial charge on any atom is -0.340 e. The number of likely N-dealkylation sites (tertiary alicyclic amines) is 1. The molecule has 0 spiro atoms. The van der Waals surface area contributed by atoms with Crippen LogP contribution in [0, 0.1) is 0 Å². The number of nitrogens with two attached hydrogens (primary N) is 1. The molecule has 2 amide bonds. The van der Waals surface area contributed by atoms with Crippen LogP contribution >= 0.6 is 11.3 Å². The summed E-state index contributed by atoms with van der Waals surface area (Å²) in [5.74, 6) is 0.277. The average molecular weight is 384 g/mol. The van der Waals surface area contributed by atoms with Gasteiger partial charge in [0.1, 0.15) is 0 Å². The molecule has 0 radical (unpaired) electrons. The lowest BCUT2D eigenvalue weighted by molar-refractivity contribution is -0.137. The summed E-state index contributed by atoms with van der Waals surface area (Å²) in [7, 11) is 0. The molecule has 2 aliphatic heterocycles. The Morgan fingerprint density at radius 2 is 1.78 bits per heavy atom. The largest absolute Gasteiger partial charge is 0.340 e. The van der Waals surface area contributed by atoms with E-state index in [1.165, 1.54) is 16.0 Å². The lowest BCUT2D eigenvalue weighted by Crippen LogP contribution is -2.37. The van der Waals surface area contributed by atoms with Crippen LogP contribution in [-0.2, 0) is 22.6 Å². The minimum atomic E-state index is -0.0499. The van der Waals surface area contributed by atoms with Gasteiger partial charge >= 0.3 is 0 Å². The van der Waals surface area contributed by atoms with Gasteiger partial charge in [-0.25, -0.2) is 0 Å². The normalized spacial score (nSPS) is 22.0. The van der Waals surface area contributed by atoms with E-state index in [9.17, 15) is 9.59 Å². The number of carbonyl (C=O) groups excluding carboxylic acids is 2. The summed E-state index contributed by atoms with van der Waals surface area (Å²) >= 11 is 1.76. The molecule has 0 saturated carbocycles. The Labute approximate surface area is 163 Å². The maximum atomic E-state index is 12.6. The zero-order chi connectivity index (χ0) is 18.8. The molecule has 2 aliphatic rings. The Bertz CT molecular complexity index is 820. The number of rotatable bonds is 4. The van der Waals surface area contributed by atoms with Gasteiger partial charge in [0, 0.05) is 55.9 Å². The second-order valence-corrected chi connectivity index (χ2v) is 8.41. The minimum absolute atomic E-state index is 0.0328. The number of amides is 2. The first-order valence-corrected chi connectivity index (χ1v) is 10.4. The lowest BCUT2D eigenvalue weighted by Gasteiger charge is -2.27. The molecule has 27 heavy (non-hydrogen) atoms. The van der Waals surface area contributed by atoms with E-state index in [2.05, 4.69) is 23.6 Å². The molecule has 142 valence electrons. The van der Waals surface area contributed by atoms with Crippen molar-refractivity contribution in [1.82, 2.24) is 9.80 Å². The van der Waals surface area contributed by atoms with Crippen LogP contribution in [0.5, 0.6) is 0 Å². The first-order chi connectivity index (χ1) is 13.1. The van der Waals surface area contributed by atoms with Crippen LogP contribution in [0.4, 0.5) is 0 Å². The molecule has 0 bridgehead atoms. The monoisotopic (exact) mass is 383 g/mol. The van der Waals surface area contributed by atoms with Crippen molar-refractivity contribution in [1.29, 1.82) is 0 Å². The van der Waals surface area contributed by atoms with Crippen molar-refractivity contribution in [3.63, 3.8) is 0 Å². The molecule has 1 saturated heterocycles. The third-order valence-electron chi connectivity index (χ3n) is 5.66. The lowest BCUT2D eigenvalue weighted by atomic mass is 9.95. The SMILES string of the molecule is N[C@@H]1CN(C(=O)CCC(=O)N2CCc3sccc3C2)C[C@H]1c1ccccc1. The van der Waals surface area contributed by atoms with Gasteiger partial charge in [0.2, 0.25) is 11.8 Å². The highest BCUT2D eigenvalue weighted by atomic mass is 32.1. The van der Waals surface area contributed by atoms with Crippen LogP contribution < -0.4 is 5.73 Å². The maximum absolute atomic E-state index is 12.6. The van der Waals surface area contributed by atoms with Gasteiger partial charge in [-0.1, -0.05) is 30.3 Å². The quantitative estimate of drug-likeness (QED) is 0.881. The van der Waals surface area contributed by atoms with Gasteiger partial charge in [0.05, 0.1) is 0 Å². The fourth-order valence-electron chi connectivity index (χ4n) is 4.08. The van der Waals surface area contributed by atoms with E-state index in [-0.39, 0.29) is 36.6 Å². The van der Waals surface area contributed by atoms with Gasteiger partial charge in [-0.05, 0) is 29.0 Å². The Morgan fingerprint density at radius 1 is 1.04 bits per heavy atom. The van der Waals surface area contributed by atoms with Crippen LogP contribution in [0.15, 0.2) is 41.8 Å². The molecule has 0 aliphatic carbocycles. The number of carbonyl (C=O) groups is 2. The molecule has 2 atom stereocenters. The van der Waals surface area contributed by atoms with E-state index in [0.717, 1.165) is 13.0 Å².